The molecule has 1 aromatic rings. The SMILES string of the molecule is O=NC1CCNc2c(Br)cc(F)cc21. The van der Waals surface area contributed by atoms with E-state index in [1.165, 1.54) is 12.1 Å². The van der Waals surface area contributed by atoms with Gasteiger partial charge in [0.15, 0.2) is 0 Å². The highest BCUT2D eigenvalue weighted by molar-refractivity contribution is 9.10. The molecule has 0 amide bonds. The van der Waals surface area contributed by atoms with E-state index in [1.54, 1.807) is 0 Å². The van der Waals surface area contributed by atoms with Gasteiger partial charge in [0.1, 0.15) is 11.9 Å². The quantitative estimate of drug-likeness (QED) is 0.787. The third-order valence-electron chi connectivity index (χ3n) is 2.29. The zero-order valence-electron chi connectivity index (χ0n) is 7.26. The Labute approximate surface area is 88.8 Å². The van der Waals surface area contributed by atoms with Crippen LogP contribution in [-0.2, 0) is 0 Å². The second-order valence-corrected chi connectivity index (χ2v) is 4.04. The molecule has 0 aromatic heterocycles. The first-order valence-corrected chi connectivity index (χ1v) is 5.07. The van der Waals surface area contributed by atoms with Crippen LogP contribution in [0.4, 0.5) is 10.1 Å². The number of rotatable bonds is 1. The molecular weight excluding hydrogens is 251 g/mol. The van der Waals surface area contributed by atoms with E-state index in [4.69, 9.17) is 0 Å². The highest BCUT2D eigenvalue weighted by atomic mass is 79.9. The summed E-state index contributed by atoms with van der Waals surface area (Å²) in [5.74, 6) is -0.354. The van der Waals surface area contributed by atoms with Crippen LogP contribution in [0, 0.1) is 10.7 Å². The van der Waals surface area contributed by atoms with Crippen LogP contribution < -0.4 is 5.32 Å². The van der Waals surface area contributed by atoms with Gasteiger partial charge in [-0.1, -0.05) is 5.18 Å². The number of hydrogen-bond acceptors (Lipinski definition) is 3. The molecule has 1 N–H and O–H groups in total. The highest BCUT2D eigenvalue weighted by Gasteiger charge is 2.23. The monoisotopic (exact) mass is 258 g/mol. The predicted molar refractivity (Wildman–Crippen MR) is 55.7 cm³/mol. The molecule has 0 spiro atoms. The number of nitrogens with zero attached hydrogens (tertiary/aromatic N) is 1. The molecule has 3 nitrogen and oxygen atoms in total. The van der Waals surface area contributed by atoms with Gasteiger partial charge in [-0.25, -0.2) is 4.39 Å². The fourth-order valence-corrected chi connectivity index (χ4v) is 2.23. The summed E-state index contributed by atoms with van der Waals surface area (Å²) in [6, 6.07) is 2.30. The maximum absolute atomic E-state index is 13.1. The molecule has 74 valence electrons. The number of hydrogen-bond donors (Lipinski definition) is 1. The molecule has 0 aliphatic carbocycles. The second-order valence-electron chi connectivity index (χ2n) is 3.19. The zero-order chi connectivity index (χ0) is 10.1. The topological polar surface area (TPSA) is 41.5 Å². The van der Waals surface area contributed by atoms with Crippen LogP contribution in [0.15, 0.2) is 21.8 Å². The lowest BCUT2D eigenvalue weighted by Gasteiger charge is -2.22. The maximum atomic E-state index is 13.1. The number of nitroso groups, excluding NO2 is 1. The standard InChI is InChI=1S/C9H8BrFN2O/c10-7-4-5(11)3-6-8(13-14)1-2-12-9(6)7/h3-4,8,12H,1-2H2. The van der Waals surface area contributed by atoms with Crippen molar-refractivity contribution >= 4 is 21.6 Å². The summed E-state index contributed by atoms with van der Waals surface area (Å²) in [7, 11) is 0. The lowest BCUT2D eigenvalue weighted by Crippen LogP contribution is -2.16. The number of nitrogens with one attached hydrogen (secondary N) is 1. The predicted octanol–water partition coefficient (Wildman–Crippen LogP) is 3.21. The first-order chi connectivity index (χ1) is 6.72. The van der Waals surface area contributed by atoms with E-state index in [0.717, 1.165) is 5.69 Å². The molecule has 1 aliphatic heterocycles. The van der Waals surface area contributed by atoms with Crippen molar-refractivity contribution in [3.05, 3.63) is 32.9 Å². The number of fused-ring (bicyclic) bond motifs is 1. The molecule has 0 saturated heterocycles. The first kappa shape index (κ1) is 9.58. The average Bonchev–Trinajstić information content (AvgIpc) is 2.17. The fourth-order valence-electron chi connectivity index (χ4n) is 1.64. The Bertz CT molecular complexity index is 383. The van der Waals surface area contributed by atoms with Gasteiger partial charge in [-0.3, -0.25) is 0 Å². The van der Waals surface area contributed by atoms with E-state index in [1.807, 2.05) is 0 Å². The van der Waals surface area contributed by atoms with Gasteiger partial charge in [0.05, 0.1) is 5.69 Å². The molecule has 1 atom stereocenters. The van der Waals surface area contributed by atoms with Crippen LogP contribution in [0.5, 0.6) is 0 Å². The van der Waals surface area contributed by atoms with E-state index < -0.39 is 6.04 Å². The molecular formula is C9H8BrFN2O. The molecule has 0 radical (unpaired) electrons. The molecule has 0 fully saturated rings. The molecule has 0 saturated carbocycles. The smallest absolute Gasteiger partial charge is 0.124 e. The Morgan fingerprint density at radius 2 is 2.36 bits per heavy atom. The lowest BCUT2D eigenvalue weighted by atomic mass is 9.99. The minimum Gasteiger partial charge on any atom is -0.384 e. The highest BCUT2D eigenvalue weighted by Crippen LogP contribution is 2.37. The van der Waals surface area contributed by atoms with Crippen molar-refractivity contribution in [2.75, 3.05) is 11.9 Å². The van der Waals surface area contributed by atoms with Crippen molar-refractivity contribution in [1.82, 2.24) is 0 Å². The third-order valence-corrected chi connectivity index (χ3v) is 2.92. The number of benzene rings is 1. The summed E-state index contributed by atoms with van der Waals surface area (Å²) < 4.78 is 13.7. The summed E-state index contributed by atoms with van der Waals surface area (Å²) in [5, 5.41) is 6.10. The van der Waals surface area contributed by atoms with Crippen molar-refractivity contribution in [3.8, 4) is 0 Å². The van der Waals surface area contributed by atoms with Crippen LogP contribution >= 0.6 is 15.9 Å². The fraction of sp³-hybridized carbons (Fsp3) is 0.333. The van der Waals surface area contributed by atoms with Gasteiger partial charge in [0.2, 0.25) is 0 Å². The Morgan fingerprint density at radius 1 is 1.57 bits per heavy atom. The van der Waals surface area contributed by atoms with Gasteiger partial charge in [-0.05, 0) is 34.5 Å². The summed E-state index contributed by atoms with van der Waals surface area (Å²) in [5.41, 5.74) is 1.42. The van der Waals surface area contributed by atoms with Gasteiger partial charge < -0.3 is 5.32 Å². The summed E-state index contributed by atoms with van der Waals surface area (Å²) in [6.07, 6.45) is 0.617. The van der Waals surface area contributed by atoms with Gasteiger partial charge >= 0.3 is 0 Å². The summed E-state index contributed by atoms with van der Waals surface area (Å²) in [6.45, 7) is 0.688. The molecule has 1 heterocycles. The largest absolute Gasteiger partial charge is 0.384 e. The van der Waals surface area contributed by atoms with Crippen LogP contribution in [0.25, 0.3) is 0 Å². The second kappa shape index (κ2) is 3.65. The third kappa shape index (κ3) is 1.52. The van der Waals surface area contributed by atoms with E-state index >= 15 is 0 Å². The van der Waals surface area contributed by atoms with E-state index in [0.29, 0.717) is 23.0 Å². The van der Waals surface area contributed by atoms with E-state index in [9.17, 15) is 9.30 Å². The normalized spacial score (nSPS) is 19.7. The van der Waals surface area contributed by atoms with Crippen molar-refractivity contribution < 1.29 is 4.39 Å². The van der Waals surface area contributed by atoms with Gasteiger partial charge in [0.25, 0.3) is 0 Å². The minimum atomic E-state index is -0.432. The van der Waals surface area contributed by atoms with E-state index in [2.05, 4.69) is 26.4 Å². The van der Waals surface area contributed by atoms with Gasteiger partial charge in [0, 0.05) is 16.6 Å². The summed E-state index contributed by atoms with van der Waals surface area (Å²) >= 11 is 3.24. The van der Waals surface area contributed by atoms with Crippen LogP contribution in [0.1, 0.15) is 18.0 Å². The first-order valence-electron chi connectivity index (χ1n) is 4.27. The molecule has 1 aromatic carbocycles. The number of anilines is 1. The Balaban J connectivity index is 2.56. The van der Waals surface area contributed by atoms with Crippen molar-refractivity contribution in [2.24, 2.45) is 5.18 Å². The average molecular weight is 259 g/mol. The Morgan fingerprint density at radius 3 is 3.07 bits per heavy atom. The molecule has 1 aliphatic rings. The van der Waals surface area contributed by atoms with Gasteiger partial charge in [-0.2, -0.15) is 4.91 Å². The molecule has 5 heteroatoms. The zero-order valence-corrected chi connectivity index (χ0v) is 8.84. The molecule has 1 unspecified atom stereocenters. The Hall–Kier alpha value is -0.970. The lowest BCUT2D eigenvalue weighted by molar-refractivity contribution is 0.606. The van der Waals surface area contributed by atoms with E-state index in [-0.39, 0.29) is 5.82 Å². The number of halogens is 2. The minimum absolute atomic E-state index is 0.354. The molecule has 2 rings (SSSR count). The van der Waals surface area contributed by atoms with Crippen LogP contribution in [0.2, 0.25) is 0 Å². The Kier molecular flexibility index (Phi) is 2.50. The van der Waals surface area contributed by atoms with Crippen molar-refractivity contribution in [1.29, 1.82) is 0 Å². The molecule has 14 heavy (non-hydrogen) atoms. The van der Waals surface area contributed by atoms with Crippen LogP contribution in [-0.4, -0.2) is 6.54 Å². The van der Waals surface area contributed by atoms with Gasteiger partial charge in [-0.15, -0.1) is 0 Å². The van der Waals surface area contributed by atoms with Crippen molar-refractivity contribution in [3.63, 3.8) is 0 Å². The summed E-state index contributed by atoms with van der Waals surface area (Å²) in [4.78, 5) is 10.5. The maximum Gasteiger partial charge on any atom is 0.124 e. The van der Waals surface area contributed by atoms with Crippen molar-refractivity contribution in [2.45, 2.75) is 12.5 Å². The van der Waals surface area contributed by atoms with Crippen LogP contribution in [0.3, 0.4) is 0 Å². The molecule has 0 bridgehead atoms.